The standard InChI is InChI=1S/C11H10FNO3/c1-7-3-2-4-8(12)11(7)13-9(14)5-6-10(15)16/h2-6H,1H3,(H,13,14)(H,15,16)/b6-5+. The van der Waals surface area contributed by atoms with E-state index in [-0.39, 0.29) is 5.69 Å². The molecule has 16 heavy (non-hydrogen) atoms. The van der Waals surface area contributed by atoms with E-state index < -0.39 is 17.7 Å². The third-order valence-electron chi connectivity index (χ3n) is 1.85. The lowest BCUT2D eigenvalue weighted by Gasteiger charge is -2.06. The van der Waals surface area contributed by atoms with Crippen LogP contribution in [0.4, 0.5) is 10.1 Å². The van der Waals surface area contributed by atoms with Gasteiger partial charge >= 0.3 is 5.97 Å². The molecule has 0 aliphatic heterocycles. The molecule has 0 saturated carbocycles. The zero-order valence-corrected chi connectivity index (χ0v) is 8.53. The zero-order chi connectivity index (χ0) is 12.1. The molecule has 84 valence electrons. The molecule has 4 nitrogen and oxygen atoms in total. The van der Waals surface area contributed by atoms with Gasteiger partial charge in [0.25, 0.3) is 0 Å². The minimum Gasteiger partial charge on any atom is -0.478 e. The monoisotopic (exact) mass is 223 g/mol. The molecule has 5 heteroatoms. The van der Waals surface area contributed by atoms with Crippen molar-refractivity contribution in [2.24, 2.45) is 0 Å². The number of carbonyl (C=O) groups excluding carboxylic acids is 1. The molecule has 1 amide bonds. The van der Waals surface area contributed by atoms with Crippen LogP contribution < -0.4 is 5.32 Å². The van der Waals surface area contributed by atoms with Crippen LogP contribution in [0.5, 0.6) is 0 Å². The van der Waals surface area contributed by atoms with Gasteiger partial charge in [-0.2, -0.15) is 0 Å². The van der Waals surface area contributed by atoms with E-state index in [1.807, 2.05) is 0 Å². The Hall–Kier alpha value is -2.17. The van der Waals surface area contributed by atoms with Gasteiger partial charge in [0.2, 0.25) is 5.91 Å². The minimum atomic E-state index is -1.24. The highest BCUT2D eigenvalue weighted by Crippen LogP contribution is 2.18. The molecule has 1 aromatic carbocycles. The van der Waals surface area contributed by atoms with Gasteiger partial charge in [0, 0.05) is 12.2 Å². The van der Waals surface area contributed by atoms with Crippen LogP contribution in [0.3, 0.4) is 0 Å². The molecule has 0 aliphatic rings. The first kappa shape index (κ1) is 11.9. The predicted molar refractivity (Wildman–Crippen MR) is 56.5 cm³/mol. The van der Waals surface area contributed by atoms with Gasteiger partial charge in [-0.1, -0.05) is 12.1 Å². The fourth-order valence-corrected chi connectivity index (χ4v) is 1.10. The molecule has 0 radical (unpaired) electrons. The SMILES string of the molecule is Cc1cccc(F)c1NC(=O)/C=C/C(=O)O. The summed E-state index contributed by atoms with van der Waals surface area (Å²) < 4.78 is 13.3. The topological polar surface area (TPSA) is 66.4 Å². The molecule has 0 atom stereocenters. The molecular weight excluding hydrogens is 213 g/mol. The molecule has 0 bridgehead atoms. The number of carbonyl (C=O) groups is 2. The van der Waals surface area contributed by atoms with Crippen LogP contribution in [0.2, 0.25) is 0 Å². The van der Waals surface area contributed by atoms with Crippen LogP contribution in [0.1, 0.15) is 5.56 Å². The number of halogens is 1. The van der Waals surface area contributed by atoms with Crippen molar-refractivity contribution < 1.29 is 19.1 Å². The number of anilines is 1. The highest BCUT2D eigenvalue weighted by Gasteiger charge is 2.07. The van der Waals surface area contributed by atoms with Gasteiger partial charge < -0.3 is 10.4 Å². The lowest BCUT2D eigenvalue weighted by molar-refractivity contribution is -0.131. The Morgan fingerprint density at radius 1 is 1.38 bits per heavy atom. The zero-order valence-electron chi connectivity index (χ0n) is 8.53. The third-order valence-corrected chi connectivity index (χ3v) is 1.85. The average Bonchev–Trinajstić information content (AvgIpc) is 2.21. The lowest BCUT2D eigenvalue weighted by Crippen LogP contribution is -2.11. The summed E-state index contributed by atoms with van der Waals surface area (Å²) in [5.74, 6) is -2.48. The van der Waals surface area contributed by atoms with E-state index in [0.717, 1.165) is 6.08 Å². The van der Waals surface area contributed by atoms with Crippen LogP contribution in [-0.4, -0.2) is 17.0 Å². The molecule has 1 rings (SSSR count). The van der Waals surface area contributed by atoms with Crippen molar-refractivity contribution in [3.05, 3.63) is 41.7 Å². The van der Waals surface area contributed by atoms with Crippen molar-refractivity contribution in [3.8, 4) is 0 Å². The van der Waals surface area contributed by atoms with E-state index in [4.69, 9.17) is 5.11 Å². The van der Waals surface area contributed by atoms with E-state index in [0.29, 0.717) is 11.6 Å². The summed E-state index contributed by atoms with van der Waals surface area (Å²) in [6.07, 6.45) is 1.51. The predicted octanol–water partition coefficient (Wildman–Crippen LogP) is 1.71. The van der Waals surface area contributed by atoms with Gasteiger partial charge in [-0.25, -0.2) is 9.18 Å². The van der Waals surface area contributed by atoms with Crippen molar-refractivity contribution in [2.75, 3.05) is 5.32 Å². The number of aryl methyl sites for hydroxylation is 1. The second-order valence-corrected chi connectivity index (χ2v) is 3.09. The number of amides is 1. The van der Waals surface area contributed by atoms with Gasteiger partial charge in [-0.15, -0.1) is 0 Å². The van der Waals surface area contributed by atoms with Crippen molar-refractivity contribution in [1.29, 1.82) is 0 Å². The fraction of sp³-hybridized carbons (Fsp3) is 0.0909. The summed E-state index contributed by atoms with van der Waals surface area (Å²) >= 11 is 0. The van der Waals surface area contributed by atoms with E-state index in [1.165, 1.54) is 12.1 Å². The van der Waals surface area contributed by atoms with Crippen molar-refractivity contribution >= 4 is 17.6 Å². The largest absolute Gasteiger partial charge is 0.478 e. The first-order chi connectivity index (χ1) is 7.50. The summed E-state index contributed by atoms with van der Waals surface area (Å²) in [6, 6.07) is 4.37. The Bertz CT molecular complexity index is 434. The van der Waals surface area contributed by atoms with E-state index in [1.54, 1.807) is 13.0 Å². The van der Waals surface area contributed by atoms with Crippen LogP contribution in [0.15, 0.2) is 30.4 Å². The minimum absolute atomic E-state index is 0.0579. The summed E-state index contributed by atoms with van der Waals surface area (Å²) in [7, 11) is 0. The third kappa shape index (κ3) is 3.20. The smallest absolute Gasteiger partial charge is 0.328 e. The summed E-state index contributed by atoms with van der Waals surface area (Å²) in [5.41, 5.74) is 0.625. The number of carboxylic acid groups (broad SMARTS) is 1. The van der Waals surface area contributed by atoms with Crippen molar-refractivity contribution in [3.63, 3.8) is 0 Å². The Morgan fingerprint density at radius 2 is 2.06 bits per heavy atom. The fourth-order valence-electron chi connectivity index (χ4n) is 1.10. The highest BCUT2D eigenvalue weighted by atomic mass is 19.1. The molecule has 0 aliphatic carbocycles. The number of para-hydroxylation sites is 1. The molecule has 1 aromatic rings. The maximum absolute atomic E-state index is 13.3. The second-order valence-electron chi connectivity index (χ2n) is 3.09. The molecule has 0 fully saturated rings. The molecule has 2 N–H and O–H groups in total. The van der Waals surface area contributed by atoms with Crippen LogP contribution in [0.25, 0.3) is 0 Å². The van der Waals surface area contributed by atoms with Gasteiger partial charge in [0.05, 0.1) is 5.69 Å². The molecular formula is C11H10FNO3. The number of rotatable bonds is 3. The molecule has 0 heterocycles. The van der Waals surface area contributed by atoms with E-state index in [2.05, 4.69) is 5.32 Å². The Morgan fingerprint density at radius 3 is 2.62 bits per heavy atom. The average molecular weight is 223 g/mol. The number of hydrogen-bond acceptors (Lipinski definition) is 2. The number of benzene rings is 1. The normalized spacial score (nSPS) is 10.4. The maximum atomic E-state index is 13.3. The number of hydrogen-bond donors (Lipinski definition) is 2. The van der Waals surface area contributed by atoms with Crippen molar-refractivity contribution in [2.45, 2.75) is 6.92 Å². The van der Waals surface area contributed by atoms with E-state index in [9.17, 15) is 14.0 Å². The Balaban J connectivity index is 2.81. The summed E-state index contributed by atoms with van der Waals surface area (Å²) in [6.45, 7) is 1.64. The first-order valence-corrected chi connectivity index (χ1v) is 4.48. The molecule has 0 unspecified atom stereocenters. The molecule has 0 aromatic heterocycles. The summed E-state index contributed by atoms with van der Waals surface area (Å²) in [4.78, 5) is 21.3. The maximum Gasteiger partial charge on any atom is 0.328 e. The number of aliphatic carboxylic acids is 1. The van der Waals surface area contributed by atoms with Gasteiger partial charge in [-0.3, -0.25) is 4.79 Å². The summed E-state index contributed by atoms with van der Waals surface area (Å²) in [5, 5.41) is 10.6. The van der Waals surface area contributed by atoms with Crippen LogP contribution in [0, 0.1) is 12.7 Å². The second kappa shape index (κ2) is 5.06. The first-order valence-electron chi connectivity index (χ1n) is 4.48. The Labute approximate surface area is 91.4 Å². The van der Waals surface area contributed by atoms with Gasteiger partial charge in [0.1, 0.15) is 5.82 Å². The van der Waals surface area contributed by atoms with Crippen molar-refractivity contribution in [1.82, 2.24) is 0 Å². The van der Waals surface area contributed by atoms with Gasteiger partial charge in [0.15, 0.2) is 0 Å². The van der Waals surface area contributed by atoms with E-state index >= 15 is 0 Å². The molecule has 0 saturated heterocycles. The quantitative estimate of drug-likeness (QED) is 0.766. The van der Waals surface area contributed by atoms with Crippen LogP contribution >= 0.6 is 0 Å². The van der Waals surface area contributed by atoms with Crippen LogP contribution in [-0.2, 0) is 9.59 Å². The molecule has 0 spiro atoms. The number of carboxylic acids is 1. The Kier molecular flexibility index (Phi) is 3.77. The lowest BCUT2D eigenvalue weighted by atomic mass is 10.2. The number of nitrogens with one attached hydrogen (secondary N) is 1. The van der Waals surface area contributed by atoms with Gasteiger partial charge in [-0.05, 0) is 18.6 Å². The highest BCUT2D eigenvalue weighted by molar-refractivity contribution is 6.02.